The second kappa shape index (κ2) is 10.7. The Morgan fingerprint density at radius 1 is 0.889 bits per heavy atom. The first-order chi connectivity index (χ1) is 12.7. The van der Waals surface area contributed by atoms with Crippen molar-refractivity contribution >= 4 is 17.3 Å². The molecule has 0 heterocycles. The minimum atomic E-state index is -0.360. The zero-order valence-corrected chi connectivity index (χ0v) is 15.5. The Bertz CT molecular complexity index is 673. The van der Waals surface area contributed by atoms with E-state index in [1.54, 1.807) is 37.8 Å². The largest absolute Gasteiger partial charge is 2.00 e. The van der Waals surface area contributed by atoms with Crippen molar-refractivity contribution in [3.8, 4) is 0 Å². The average Bonchev–Trinajstić information content (AvgIpc) is 3.35. The van der Waals surface area contributed by atoms with Crippen LogP contribution in [-0.4, -0.2) is 11.6 Å². The number of hydrogen-bond donors (Lipinski definition) is 0. The molecule has 3 rings (SSSR count). The Labute approximate surface area is 171 Å². The fourth-order valence-corrected chi connectivity index (χ4v) is 3.07. The van der Waals surface area contributed by atoms with E-state index in [0.29, 0.717) is 23.1 Å². The Morgan fingerprint density at radius 2 is 1.37 bits per heavy atom. The van der Waals surface area contributed by atoms with Crippen LogP contribution in [0.5, 0.6) is 0 Å². The third kappa shape index (κ3) is 5.68. The fourth-order valence-electron chi connectivity index (χ4n) is 3.07. The van der Waals surface area contributed by atoms with Gasteiger partial charge in [0, 0.05) is 35.3 Å². The number of rotatable bonds is 8. The molecule has 134 valence electrons. The van der Waals surface area contributed by atoms with Crippen LogP contribution in [0.1, 0.15) is 24.3 Å². The molecule has 0 aromatic heterocycles. The van der Waals surface area contributed by atoms with Gasteiger partial charge in [-0.05, 0) is 68.4 Å². The number of nitrogens with zero attached hydrogens (tertiary/aromatic N) is 3. The topological polar surface area (TPSA) is 82.9 Å². The van der Waals surface area contributed by atoms with Gasteiger partial charge in [-0.3, -0.25) is 9.59 Å². The van der Waals surface area contributed by atoms with Crippen LogP contribution >= 0.6 is 0 Å². The van der Waals surface area contributed by atoms with Crippen LogP contribution in [0.3, 0.4) is 0 Å². The van der Waals surface area contributed by atoms with Gasteiger partial charge < -0.3 is 0 Å². The molecule has 5 nitrogen and oxygen atoms in total. The van der Waals surface area contributed by atoms with E-state index in [1.807, 2.05) is 37.8 Å². The van der Waals surface area contributed by atoms with E-state index >= 15 is 0 Å². The molecule has 2 saturated carbocycles. The van der Waals surface area contributed by atoms with E-state index in [1.165, 1.54) is 0 Å². The minimum absolute atomic E-state index is 0. The summed E-state index contributed by atoms with van der Waals surface area (Å²) in [5.41, 5.74) is 9.98. The van der Waals surface area contributed by atoms with Gasteiger partial charge in [-0.2, -0.15) is 0 Å². The summed E-state index contributed by atoms with van der Waals surface area (Å²) >= 11 is 0. The van der Waals surface area contributed by atoms with Crippen molar-refractivity contribution in [2.45, 2.75) is 18.8 Å². The molecule has 0 aliphatic heterocycles. The first-order valence-electron chi connectivity index (χ1n) is 8.33. The van der Waals surface area contributed by atoms with Gasteiger partial charge in [0.05, 0.1) is 0 Å². The standard InChI is InChI=1S/C21H17N3O2.Fe/c22-24-23-19-12-6-5-11-18(19)17(13-20(25)15-7-1-2-8-15)14-21(26)16-9-3-4-10-16;/h1-12,17H,13-14H2;/q;+2. The molecule has 0 saturated heterocycles. The fraction of sp³-hybridized carbons (Fsp3) is 0.143. The SMILES string of the molecule is [Fe+2].[N-]=[N+]=Nc1ccccc1C(CC(=O)[C]1[CH][CH][CH][CH]1)CC(=O)[C]1[CH][CH][CH][CH]1. The summed E-state index contributed by atoms with van der Waals surface area (Å²) in [6.07, 6.45) is 14.6. The van der Waals surface area contributed by atoms with Gasteiger partial charge in [0.25, 0.3) is 0 Å². The molecule has 10 radical (unpaired) electrons. The maximum absolute atomic E-state index is 12.6. The van der Waals surface area contributed by atoms with Gasteiger partial charge in [-0.1, -0.05) is 29.4 Å². The van der Waals surface area contributed by atoms with E-state index in [2.05, 4.69) is 10.0 Å². The zero-order chi connectivity index (χ0) is 18.4. The maximum atomic E-state index is 12.6. The molecule has 0 N–H and O–H groups in total. The molecule has 1 aromatic carbocycles. The molecular weight excluding hydrogens is 382 g/mol. The first-order valence-corrected chi connectivity index (χ1v) is 8.33. The van der Waals surface area contributed by atoms with Crippen LogP contribution < -0.4 is 0 Å². The number of benzene rings is 1. The molecule has 0 atom stereocenters. The molecule has 2 fully saturated rings. The Morgan fingerprint density at radius 3 is 1.85 bits per heavy atom. The summed E-state index contributed by atoms with van der Waals surface area (Å²) in [5.74, 6) is 0.813. The summed E-state index contributed by atoms with van der Waals surface area (Å²) in [4.78, 5) is 28.1. The van der Waals surface area contributed by atoms with Crippen molar-refractivity contribution < 1.29 is 26.7 Å². The van der Waals surface area contributed by atoms with E-state index < -0.39 is 0 Å². The monoisotopic (exact) mass is 399 g/mol. The van der Waals surface area contributed by atoms with Gasteiger partial charge in [0.1, 0.15) is 11.6 Å². The zero-order valence-electron chi connectivity index (χ0n) is 14.4. The van der Waals surface area contributed by atoms with Crippen LogP contribution in [0.25, 0.3) is 10.4 Å². The predicted octanol–water partition coefficient (Wildman–Crippen LogP) is 4.44. The van der Waals surface area contributed by atoms with Crippen LogP contribution in [0.15, 0.2) is 29.4 Å². The Balaban J connectivity index is 0.00000261. The Kier molecular flexibility index (Phi) is 8.56. The molecule has 6 heteroatoms. The van der Waals surface area contributed by atoms with E-state index in [4.69, 9.17) is 5.53 Å². The molecule has 2 aliphatic carbocycles. The Hall–Kier alpha value is -1.61. The number of Topliss-reactive ketones (excluding diaryl/α,β-unsaturated/α-hetero) is 2. The van der Waals surface area contributed by atoms with E-state index in [-0.39, 0.29) is 47.4 Å². The number of azide groups is 1. The van der Waals surface area contributed by atoms with Gasteiger partial charge in [0.2, 0.25) is 0 Å². The van der Waals surface area contributed by atoms with Crippen molar-refractivity contribution in [3.63, 3.8) is 0 Å². The van der Waals surface area contributed by atoms with Crippen molar-refractivity contribution in [2.75, 3.05) is 0 Å². The van der Waals surface area contributed by atoms with Crippen molar-refractivity contribution in [3.05, 3.63) is 103 Å². The summed E-state index contributed by atoms with van der Waals surface area (Å²) in [6, 6.07) is 7.09. The third-order valence-electron chi connectivity index (χ3n) is 4.36. The van der Waals surface area contributed by atoms with E-state index in [9.17, 15) is 9.59 Å². The number of carbonyl (C=O) groups is 2. The van der Waals surface area contributed by atoms with Gasteiger partial charge in [0.15, 0.2) is 0 Å². The minimum Gasteiger partial charge on any atom is -0.299 e. The number of ketones is 2. The van der Waals surface area contributed by atoms with Crippen LogP contribution in [-0.2, 0) is 26.7 Å². The van der Waals surface area contributed by atoms with Gasteiger partial charge >= 0.3 is 17.1 Å². The van der Waals surface area contributed by atoms with Gasteiger partial charge in [-0.15, -0.1) is 0 Å². The number of hydrogen-bond acceptors (Lipinski definition) is 3. The second-order valence-corrected chi connectivity index (χ2v) is 6.05. The van der Waals surface area contributed by atoms with E-state index in [0.717, 1.165) is 0 Å². The molecule has 27 heavy (non-hydrogen) atoms. The summed E-state index contributed by atoms with van der Waals surface area (Å²) < 4.78 is 0. The molecule has 0 amide bonds. The smallest absolute Gasteiger partial charge is 0.299 e. The summed E-state index contributed by atoms with van der Waals surface area (Å²) in [5, 5.41) is 3.73. The normalized spacial score (nSPS) is 17.5. The summed E-state index contributed by atoms with van der Waals surface area (Å²) in [7, 11) is 0. The van der Waals surface area contributed by atoms with Crippen molar-refractivity contribution in [1.82, 2.24) is 0 Å². The van der Waals surface area contributed by atoms with Crippen molar-refractivity contribution in [1.29, 1.82) is 0 Å². The molecule has 0 bridgehead atoms. The quantitative estimate of drug-likeness (QED) is 0.280. The molecule has 0 spiro atoms. The third-order valence-corrected chi connectivity index (χ3v) is 4.36. The van der Waals surface area contributed by atoms with Gasteiger partial charge in [-0.25, -0.2) is 0 Å². The first kappa shape index (κ1) is 21.7. The molecule has 1 aromatic rings. The molecule has 2 aliphatic rings. The van der Waals surface area contributed by atoms with Crippen LogP contribution in [0, 0.1) is 63.2 Å². The van der Waals surface area contributed by atoms with Crippen LogP contribution in [0.4, 0.5) is 5.69 Å². The maximum Gasteiger partial charge on any atom is 2.00 e. The molecule has 0 unspecified atom stereocenters. The van der Waals surface area contributed by atoms with Crippen molar-refractivity contribution in [2.24, 2.45) is 5.11 Å². The number of carbonyl (C=O) groups excluding carboxylic acids is 2. The predicted molar refractivity (Wildman–Crippen MR) is 98.1 cm³/mol. The molecular formula is C21H17FeN3O2+2. The second-order valence-electron chi connectivity index (χ2n) is 6.05. The summed E-state index contributed by atoms with van der Waals surface area (Å²) in [6.45, 7) is 0. The average molecular weight is 399 g/mol. The van der Waals surface area contributed by atoms with Crippen LogP contribution in [0.2, 0.25) is 0 Å².